The maximum absolute atomic E-state index is 11.7. The molecule has 0 atom stereocenters. The molecule has 0 radical (unpaired) electrons. The highest BCUT2D eigenvalue weighted by atomic mass is 16.6. The molecule has 0 aliphatic carbocycles. The Morgan fingerprint density at radius 2 is 1.00 bits per heavy atom. The van der Waals surface area contributed by atoms with Crippen LogP contribution < -0.4 is 26.6 Å². The van der Waals surface area contributed by atoms with Crippen LogP contribution in [-0.2, 0) is 9.47 Å². The Kier molecular flexibility index (Phi) is 12.8. The Bertz CT molecular complexity index is 724. The second-order valence-electron chi connectivity index (χ2n) is 9.73. The van der Waals surface area contributed by atoms with Gasteiger partial charge in [-0.3, -0.25) is 0 Å². The Morgan fingerprint density at radius 1 is 0.657 bits per heavy atom. The average molecular weight is 499 g/mol. The van der Waals surface area contributed by atoms with Gasteiger partial charge < -0.3 is 41.2 Å². The summed E-state index contributed by atoms with van der Waals surface area (Å²) in [6, 6.07) is 0. The minimum absolute atomic E-state index is 0.0591. The lowest BCUT2D eigenvalue weighted by molar-refractivity contribution is 0.0516. The zero-order valence-electron chi connectivity index (χ0n) is 21.8. The van der Waals surface area contributed by atoms with Crippen LogP contribution in [0.25, 0.3) is 0 Å². The number of aliphatic hydroxyl groups is 1. The van der Waals surface area contributed by atoms with E-state index < -0.39 is 23.4 Å². The normalized spacial score (nSPS) is 11.4. The van der Waals surface area contributed by atoms with Gasteiger partial charge in [0.05, 0.1) is 0 Å². The van der Waals surface area contributed by atoms with Crippen LogP contribution in [0.3, 0.4) is 0 Å². The number of aliphatic hydroxyl groups excluding tert-OH is 1. The lowest BCUT2D eigenvalue weighted by atomic mass is 10.2. The van der Waals surface area contributed by atoms with Crippen molar-refractivity contribution in [3.8, 4) is 0 Å². The fourth-order valence-electron chi connectivity index (χ4n) is 2.48. The molecular weight excluding hydrogens is 456 g/mol. The number of carbonyl (C=O) groups is 2. The molecule has 1 heterocycles. The van der Waals surface area contributed by atoms with E-state index in [-0.39, 0.29) is 6.61 Å². The molecule has 2 amide bonds. The highest BCUT2D eigenvalue weighted by Gasteiger charge is 2.16. The van der Waals surface area contributed by atoms with Crippen LogP contribution in [0.4, 0.5) is 27.4 Å². The van der Waals surface area contributed by atoms with Gasteiger partial charge >= 0.3 is 12.2 Å². The molecule has 0 bridgehead atoms. The van der Waals surface area contributed by atoms with E-state index in [0.29, 0.717) is 69.8 Å². The molecule has 1 rings (SSSR count). The highest BCUT2D eigenvalue weighted by Crippen LogP contribution is 2.10. The summed E-state index contributed by atoms with van der Waals surface area (Å²) in [6.45, 7) is 13.3. The van der Waals surface area contributed by atoms with Crippen molar-refractivity contribution < 1.29 is 24.2 Å². The van der Waals surface area contributed by atoms with Crippen molar-refractivity contribution in [3.05, 3.63) is 0 Å². The Morgan fingerprint density at radius 3 is 1.31 bits per heavy atom. The number of hydrogen-bond acceptors (Lipinski definition) is 11. The fourth-order valence-corrected chi connectivity index (χ4v) is 2.48. The molecule has 0 spiro atoms. The van der Waals surface area contributed by atoms with E-state index in [4.69, 9.17) is 14.6 Å². The number of rotatable bonds is 14. The quantitative estimate of drug-likeness (QED) is 0.208. The van der Waals surface area contributed by atoms with Gasteiger partial charge in [-0.25, -0.2) is 9.59 Å². The number of amides is 2. The minimum atomic E-state index is -0.540. The number of anilines is 3. The summed E-state index contributed by atoms with van der Waals surface area (Å²) in [4.78, 5) is 36.4. The topological polar surface area (TPSA) is 172 Å². The Balaban J connectivity index is 2.50. The van der Waals surface area contributed by atoms with Crippen LogP contribution in [-0.4, -0.2) is 82.8 Å². The van der Waals surface area contributed by atoms with E-state index in [1.54, 1.807) is 0 Å². The lowest BCUT2D eigenvalue weighted by Gasteiger charge is -2.19. The first-order valence-corrected chi connectivity index (χ1v) is 11.9. The highest BCUT2D eigenvalue weighted by molar-refractivity contribution is 5.67. The maximum atomic E-state index is 11.7. The number of ether oxygens (including phenoxy) is 2. The molecule has 0 aliphatic heterocycles. The van der Waals surface area contributed by atoms with E-state index in [0.717, 1.165) is 0 Å². The molecular formula is C22H42N8O5. The third-order valence-corrected chi connectivity index (χ3v) is 3.86. The second kappa shape index (κ2) is 15.0. The summed E-state index contributed by atoms with van der Waals surface area (Å²) in [5.74, 6) is 1.12. The largest absolute Gasteiger partial charge is 0.444 e. The third kappa shape index (κ3) is 16.2. The van der Waals surface area contributed by atoms with E-state index in [2.05, 4.69) is 41.5 Å². The fraction of sp³-hybridized carbons (Fsp3) is 0.773. The van der Waals surface area contributed by atoms with Gasteiger partial charge in [-0.1, -0.05) is 0 Å². The van der Waals surface area contributed by atoms with Crippen LogP contribution >= 0.6 is 0 Å². The molecule has 0 aromatic carbocycles. The van der Waals surface area contributed by atoms with Gasteiger partial charge in [-0.05, 0) is 60.8 Å². The van der Waals surface area contributed by atoms with Crippen LogP contribution in [0.15, 0.2) is 0 Å². The van der Waals surface area contributed by atoms with Crippen molar-refractivity contribution in [2.75, 3.05) is 55.3 Å². The SMILES string of the molecule is CC(C)(C)OC(=O)NCCCNc1nc(NCCCO)nc(NCCCNC(=O)OC(C)(C)C)n1. The van der Waals surface area contributed by atoms with Gasteiger partial charge in [0, 0.05) is 39.3 Å². The van der Waals surface area contributed by atoms with Crippen LogP contribution in [0, 0.1) is 0 Å². The third-order valence-electron chi connectivity index (χ3n) is 3.86. The lowest BCUT2D eigenvalue weighted by Crippen LogP contribution is -2.33. The number of aromatic nitrogens is 3. The molecule has 0 aliphatic rings. The van der Waals surface area contributed by atoms with Gasteiger partial charge in [0.1, 0.15) is 11.2 Å². The number of nitrogens with zero attached hydrogens (tertiary/aromatic N) is 3. The van der Waals surface area contributed by atoms with Gasteiger partial charge in [-0.2, -0.15) is 15.0 Å². The smallest absolute Gasteiger partial charge is 0.407 e. The van der Waals surface area contributed by atoms with Gasteiger partial charge in [0.2, 0.25) is 17.8 Å². The standard InChI is InChI=1S/C22H42N8O5/c1-21(2,3)34-19(32)26-12-7-10-23-16-28-17(30-18(29-16)25-14-9-15-31)24-11-8-13-27-20(33)35-22(4,5)6/h31H,7-15H2,1-6H3,(H,26,32)(H,27,33)(H3,23,24,25,28,29,30). The monoisotopic (exact) mass is 498 g/mol. The number of hydrogen-bond donors (Lipinski definition) is 6. The molecule has 0 unspecified atom stereocenters. The molecule has 0 saturated heterocycles. The number of carbonyl (C=O) groups excluding carboxylic acids is 2. The van der Waals surface area contributed by atoms with E-state index >= 15 is 0 Å². The van der Waals surface area contributed by atoms with Crippen molar-refractivity contribution in [1.29, 1.82) is 0 Å². The first-order chi connectivity index (χ1) is 16.4. The summed E-state index contributed by atoms with van der Waals surface area (Å²) in [7, 11) is 0. The van der Waals surface area contributed by atoms with Gasteiger partial charge in [0.25, 0.3) is 0 Å². The molecule has 6 N–H and O–H groups in total. The Hall–Kier alpha value is -3.09. The summed E-state index contributed by atoms with van der Waals surface area (Å²) in [6.07, 6.45) is 0.916. The molecule has 0 fully saturated rings. The first kappa shape index (κ1) is 29.9. The molecule has 0 saturated carbocycles. The summed E-state index contributed by atoms with van der Waals surface area (Å²) >= 11 is 0. The molecule has 200 valence electrons. The Labute approximate surface area is 207 Å². The average Bonchev–Trinajstić information content (AvgIpc) is 2.71. The zero-order valence-corrected chi connectivity index (χ0v) is 21.8. The molecule has 1 aromatic rings. The van der Waals surface area contributed by atoms with Crippen molar-refractivity contribution in [1.82, 2.24) is 25.6 Å². The van der Waals surface area contributed by atoms with E-state index in [1.807, 2.05) is 41.5 Å². The van der Waals surface area contributed by atoms with Crippen molar-refractivity contribution >= 4 is 30.0 Å². The predicted molar refractivity (Wildman–Crippen MR) is 135 cm³/mol. The number of alkyl carbamates (subject to hydrolysis) is 2. The summed E-state index contributed by atoms with van der Waals surface area (Å²) in [5.41, 5.74) is -1.08. The van der Waals surface area contributed by atoms with Gasteiger partial charge in [-0.15, -0.1) is 0 Å². The molecule has 35 heavy (non-hydrogen) atoms. The van der Waals surface area contributed by atoms with Crippen molar-refractivity contribution in [2.45, 2.75) is 72.0 Å². The first-order valence-electron chi connectivity index (χ1n) is 11.9. The second-order valence-corrected chi connectivity index (χ2v) is 9.73. The van der Waals surface area contributed by atoms with Crippen LogP contribution in [0.2, 0.25) is 0 Å². The predicted octanol–water partition coefficient (Wildman–Crippen LogP) is 2.32. The van der Waals surface area contributed by atoms with Crippen molar-refractivity contribution in [2.24, 2.45) is 0 Å². The van der Waals surface area contributed by atoms with Crippen LogP contribution in [0.1, 0.15) is 60.8 Å². The molecule has 1 aromatic heterocycles. The van der Waals surface area contributed by atoms with E-state index in [9.17, 15) is 9.59 Å². The maximum Gasteiger partial charge on any atom is 0.407 e. The summed E-state index contributed by atoms with van der Waals surface area (Å²) in [5, 5.41) is 23.7. The van der Waals surface area contributed by atoms with Crippen LogP contribution in [0.5, 0.6) is 0 Å². The van der Waals surface area contributed by atoms with E-state index in [1.165, 1.54) is 0 Å². The minimum Gasteiger partial charge on any atom is -0.444 e. The zero-order chi connectivity index (χ0) is 26.3. The van der Waals surface area contributed by atoms with Gasteiger partial charge in [0.15, 0.2) is 0 Å². The molecule has 13 nitrogen and oxygen atoms in total. The van der Waals surface area contributed by atoms with Crippen molar-refractivity contribution in [3.63, 3.8) is 0 Å². The molecule has 13 heteroatoms. The number of nitrogens with one attached hydrogen (secondary N) is 5. The summed E-state index contributed by atoms with van der Waals surface area (Å²) < 4.78 is 10.4.